The molecule has 0 bridgehead atoms. The molecule has 3 N–H and O–H groups in total. The number of hydrogen-bond acceptors (Lipinski definition) is 3. The number of nitrogens with zero attached hydrogens (tertiary/aromatic N) is 1. The number of amides is 1. The number of halogens is 1. The molecule has 3 rings (SSSR count). The van der Waals surface area contributed by atoms with Crippen LogP contribution < -0.4 is 10.5 Å². The predicted molar refractivity (Wildman–Crippen MR) is 65.4 cm³/mol. The molecule has 0 fully saturated rings. The summed E-state index contributed by atoms with van der Waals surface area (Å²) >= 11 is 5.85. The maximum absolute atomic E-state index is 12.2. The van der Waals surface area contributed by atoms with Crippen molar-refractivity contribution in [1.82, 2.24) is 5.43 Å². The lowest BCUT2D eigenvalue weighted by Crippen LogP contribution is -3.09. The van der Waals surface area contributed by atoms with Gasteiger partial charge in [-0.2, -0.15) is 0 Å². The number of hydrazone groups is 1. The minimum Gasteiger partial charge on any atom is -0.628 e. The highest BCUT2D eigenvalue weighted by Gasteiger charge is 2.39. The summed E-state index contributed by atoms with van der Waals surface area (Å²) in [5, 5.41) is 25.4. The molecule has 0 radical (unpaired) electrons. The first-order chi connectivity index (χ1) is 8.58. The molecule has 2 heterocycles. The van der Waals surface area contributed by atoms with Gasteiger partial charge >= 0.3 is 0 Å². The molecule has 18 heavy (non-hydrogen) atoms. The summed E-state index contributed by atoms with van der Waals surface area (Å²) < 4.78 is 0. The molecule has 2 aliphatic rings. The van der Waals surface area contributed by atoms with Gasteiger partial charge < -0.3 is 15.4 Å². The first-order valence-electron chi connectivity index (χ1n) is 5.20. The lowest BCUT2D eigenvalue weighted by atomic mass is 9.95. The van der Waals surface area contributed by atoms with Gasteiger partial charge in [-0.25, -0.2) is 5.43 Å². The van der Waals surface area contributed by atoms with Gasteiger partial charge in [0.25, 0.3) is 11.8 Å². The van der Waals surface area contributed by atoms with E-state index in [1.54, 1.807) is 24.3 Å². The van der Waals surface area contributed by atoms with E-state index in [4.69, 9.17) is 11.6 Å². The van der Waals surface area contributed by atoms with Crippen LogP contribution in [0.4, 0.5) is 5.69 Å². The standard InChI is InChI=1S/C11H8ClN3O3/c12-6-1-2-8-5(3-6)4-7-9(15(8)18)11(17)14-13-10(7)16/h1-4,9,15H,(H,13,16)(H,14,17). The van der Waals surface area contributed by atoms with Gasteiger partial charge in [0.05, 0.1) is 5.57 Å². The molecule has 1 aromatic rings. The first kappa shape index (κ1) is 11.2. The Labute approximate surface area is 107 Å². The Morgan fingerprint density at radius 2 is 2.28 bits per heavy atom. The number of hydrogen-bond donors (Lipinski definition) is 3. The van der Waals surface area contributed by atoms with Crippen LogP contribution in [0.3, 0.4) is 0 Å². The average molecular weight is 266 g/mol. The van der Waals surface area contributed by atoms with Gasteiger partial charge in [-0.1, -0.05) is 11.6 Å². The van der Waals surface area contributed by atoms with E-state index in [1.165, 1.54) is 0 Å². The molecule has 0 saturated carbocycles. The summed E-state index contributed by atoms with van der Waals surface area (Å²) in [4.78, 5) is 11.6. The molecule has 0 aromatic heterocycles. The predicted octanol–water partition coefficient (Wildman–Crippen LogP) is 0.121. The molecule has 6 nitrogen and oxygen atoms in total. The van der Waals surface area contributed by atoms with Crippen LogP contribution in [-0.2, 0) is 4.79 Å². The van der Waals surface area contributed by atoms with Crippen molar-refractivity contribution in [3.05, 3.63) is 39.6 Å². The summed E-state index contributed by atoms with van der Waals surface area (Å²) in [6, 6.07) is 3.77. The number of carbonyl (C=O) groups is 1. The highest BCUT2D eigenvalue weighted by Crippen LogP contribution is 2.26. The van der Waals surface area contributed by atoms with Crippen LogP contribution in [-0.4, -0.2) is 23.0 Å². The van der Waals surface area contributed by atoms with Crippen LogP contribution in [0.1, 0.15) is 5.56 Å². The molecule has 7 heteroatoms. The third-order valence-electron chi connectivity index (χ3n) is 2.96. The molecule has 2 aliphatic heterocycles. The smallest absolute Gasteiger partial charge is 0.274 e. The number of benzene rings is 1. The Balaban J connectivity index is 2.21. The lowest BCUT2D eigenvalue weighted by Gasteiger charge is -2.36. The van der Waals surface area contributed by atoms with Gasteiger partial charge in [0, 0.05) is 16.7 Å². The van der Waals surface area contributed by atoms with Crippen molar-refractivity contribution in [3.63, 3.8) is 0 Å². The fourth-order valence-electron chi connectivity index (χ4n) is 2.12. The molecule has 1 aromatic carbocycles. The van der Waals surface area contributed by atoms with Crippen molar-refractivity contribution in [3.8, 4) is 0 Å². The van der Waals surface area contributed by atoms with E-state index in [2.05, 4.69) is 10.5 Å². The Hall–Kier alpha value is -1.89. The summed E-state index contributed by atoms with van der Waals surface area (Å²) in [5.41, 5.74) is 3.32. The topological polar surface area (TPSA) is 89.2 Å². The number of quaternary nitrogens is 1. The van der Waals surface area contributed by atoms with Crippen molar-refractivity contribution < 1.29 is 15.0 Å². The van der Waals surface area contributed by atoms with E-state index < -0.39 is 17.8 Å². The van der Waals surface area contributed by atoms with Crippen LogP contribution in [0.15, 0.2) is 28.9 Å². The number of hydroxylamine groups is 1. The van der Waals surface area contributed by atoms with E-state index in [1.807, 2.05) is 0 Å². The van der Waals surface area contributed by atoms with Crippen molar-refractivity contribution in [2.24, 2.45) is 5.10 Å². The molecule has 2 unspecified atom stereocenters. The van der Waals surface area contributed by atoms with Crippen LogP contribution in [0.2, 0.25) is 5.02 Å². The minimum absolute atomic E-state index is 0.183. The minimum atomic E-state index is -1.01. The molecule has 0 saturated heterocycles. The summed E-state index contributed by atoms with van der Waals surface area (Å²) in [5.74, 6) is -0.886. The van der Waals surface area contributed by atoms with Crippen molar-refractivity contribution >= 4 is 35.2 Å². The fraction of sp³-hybridized carbons (Fsp3) is 0.0909. The summed E-state index contributed by atoms with van der Waals surface area (Å²) in [6.45, 7) is 0. The second kappa shape index (κ2) is 3.81. The number of fused-ring (bicyclic) bond motifs is 2. The quantitative estimate of drug-likeness (QED) is 0.582. The Morgan fingerprint density at radius 3 is 3.06 bits per heavy atom. The van der Waals surface area contributed by atoms with Crippen molar-refractivity contribution in [2.75, 3.05) is 0 Å². The van der Waals surface area contributed by atoms with Crippen LogP contribution in [0.25, 0.3) is 6.08 Å². The zero-order valence-corrected chi connectivity index (χ0v) is 9.73. The van der Waals surface area contributed by atoms with Gasteiger partial charge in [0.1, 0.15) is 5.69 Å². The average Bonchev–Trinajstić information content (AvgIpc) is 2.33. The van der Waals surface area contributed by atoms with E-state index in [0.29, 0.717) is 16.3 Å². The monoisotopic (exact) mass is 265 g/mol. The van der Waals surface area contributed by atoms with Gasteiger partial charge in [0.15, 0.2) is 0 Å². The molecular weight excluding hydrogens is 258 g/mol. The van der Waals surface area contributed by atoms with E-state index in [-0.39, 0.29) is 10.6 Å². The Bertz CT molecular complexity index is 612. The van der Waals surface area contributed by atoms with Gasteiger partial charge in [-0.3, -0.25) is 4.79 Å². The van der Waals surface area contributed by atoms with Gasteiger partial charge in [0.2, 0.25) is 6.04 Å². The number of carbonyl (C=O) groups excluding carboxylic acids is 1. The molecule has 1 amide bonds. The zero-order valence-electron chi connectivity index (χ0n) is 8.98. The normalized spacial score (nSPS) is 25.6. The Morgan fingerprint density at radius 1 is 1.50 bits per heavy atom. The molecule has 92 valence electrons. The number of aliphatic hydroxyl groups is 1. The second-order valence-electron chi connectivity index (χ2n) is 4.04. The van der Waals surface area contributed by atoms with Crippen LogP contribution >= 0.6 is 11.6 Å². The fourth-order valence-corrected chi connectivity index (χ4v) is 2.30. The summed E-state index contributed by atoms with van der Waals surface area (Å²) in [6.07, 6.45) is 1.55. The largest absolute Gasteiger partial charge is 0.628 e. The summed E-state index contributed by atoms with van der Waals surface area (Å²) in [7, 11) is 0. The van der Waals surface area contributed by atoms with Gasteiger partial charge in [-0.15, -0.1) is 5.10 Å². The van der Waals surface area contributed by atoms with Crippen LogP contribution in [0.5, 0.6) is 0 Å². The highest BCUT2D eigenvalue weighted by molar-refractivity contribution is 6.30. The molecule has 0 spiro atoms. The zero-order chi connectivity index (χ0) is 12.9. The number of rotatable bonds is 0. The number of aliphatic hydroxyl groups excluding tert-OH is 1. The third kappa shape index (κ3) is 1.51. The van der Waals surface area contributed by atoms with E-state index in [9.17, 15) is 15.1 Å². The van der Waals surface area contributed by atoms with Crippen molar-refractivity contribution in [1.29, 1.82) is 0 Å². The third-order valence-corrected chi connectivity index (χ3v) is 3.19. The molecular formula is C11H8ClN3O3. The highest BCUT2D eigenvalue weighted by atomic mass is 35.5. The lowest BCUT2D eigenvalue weighted by molar-refractivity contribution is -0.788. The SMILES string of the molecule is O=C1NN=C(O)C2C1=Cc1cc(Cl)ccc1[NH+]2[O-]. The van der Waals surface area contributed by atoms with Gasteiger partial charge in [-0.05, 0) is 18.2 Å². The van der Waals surface area contributed by atoms with E-state index >= 15 is 0 Å². The molecule has 2 atom stereocenters. The molecule has 0 aliphatic carbocycles. The Kier molecular flexibility index (Phi) is 2.37. The van der Waals surface area contributed by atoms with Crippen LogP contribution in [0, 0.1) is 5.21 Å². The van der Waals surface area contributed by atoms with Crippen molar-refractivity contribution in [2.45, 2.75) is 6.04 Å². The first-order valence-corrected chi connectivity index (χ1v) is 5.58. The maximum Gasteiger partial charge on any atom is 0.274 e. The maximum atomic E-state index is 12.2. The van der Waals surface area contributed by atoms with E-state index in [0.717, 1.165) is 0 Å². The number of nitrogens with one attached hydrogen (secondary N) is 2. The second-order valence-corrected chi connectivity index (χ2v) is 4.48.